The third-order valence-corrected chi connectivity index (χ3v) is 3.86. The van der Waals surface area contributed by atoms with Crippen LogP contribution in [0.15, 0.2) is 24.3 Å². The van der Waals surface area contributed by atoms with Gasteiger partial charge in [0.2, 0.25) is 5.91 Å². The molecule has 0 aromatic heterocycles. The Bertz CT molecular complexity index is 498. The molecule has 5 nitrogen and oxygen atoms in total. The van der Waals surface area contributed by atoms with E-state index in [1.165, 1.54) is 0 Å². The lowest BCUT2D eigenvalue weighted by atomic mass is 9.94. The van der Waals surface area contributed by atoms with E-state index in [-0.39, 0.29) is 23.5 Å². The van der Waals surface area contributed by atoms with Crippen molar-refractivity contribution in [2.24, 2.45) is 5.92 Å². The van der Waals surface area contributed by atoms with E-state index < -0.39 is 5.97 Å². The second-order valence-electron chi connectivity index (χ2n) is 5.37. The predicted octanol–water partition coefficient (Wildman–Crippen LogP) is 1.86. The van der Waals surface area contributed by atoms with Gasteiger partial charge < -0.3 is 15.2 Å². The first-order valence-electron chi connectivity index (χ1n) is 7.29. The maximum absolute atomic E-state index is 12.1. The summed E-state index contributed by atoms with van der Waals surface area (Å²) >= 11 is 0. The molecule has 2 N–H and O–H groups in total. The van der Waals surface area contributed by atoms with Crippen LogP contribution < -0.4 is 5.32 Å². The third-order valence-electron chi connectivity index (χ3n) is 3.86. The number of aromatic carboxylic acids is 1. The number of amides is 1. The molecule has 0 aliphatic carbocycles. The van der Waals surface area contributed by atoms with Gasteiger partial charge in [0, 0.05) is 13.2 Å². The molecule has 0 spiro atoms. The minimum atomic E-state index is -0.930. The number of carboxylic acid groups (broad SMARTS) is 1. The molecule has 0 bridgehead atoms. The van der Waals surface area contributed by atoms with E-state index in [1.54, 1.807) is 24.3 Å². The van der Waals surface area contributed by atoms with Crippen LogP contribution in [0.3, 0.4) is 0 Å². The summed E-state index contributed by atoms with van der Waals surface area (Å²) in [5.74, 6) is -0.946. The summed E-state index contributed by atoms with van der Waals surface area (Å²) < 4.78 is 5.50. The Morgan fingerprint density at radius 1 is 1.33 bits per heavy atom. The van der Waals surface area contributed by atoms with Crippen LogP contribution in [0.4, 0.5) is 0 Å². The van der Waals surface area contributed by atoms with E-state index >= 15 is 0 Å². The maximum Gasteiger partial charge on any atom is 0.335 e. The molecule has 2 unspecified atom stereocenters. The van der Waals surface area contributed by atoms with Crippen molar-refractivity contribution in [2.75, 3.05) is 13.2 Å². The van der Waals surface area contributed by atoms with Gasteiger partial charge in [0.1, 0.15) is 0 Å². The standard InChI is InChI=1S/C16H21NO4/c1-11-14(3-2-10-21-11)15(18)17-9-8-12-4-6-13(7-5-12)16(19)20/h4-7,11,14H,2-3,8-10H2,1H3,(H,17,18)(H,19,20). The lowest BCUT2D eigenvalue weighted by molar-refractivity contribution is -0.133. The van der Waals surface area contributed by atoms with Gasteiger partial charge in [0.05, 0.1) is 17.6 Å². The van der Waals surface area contributed by atoms with E-state index in [0.29, 0.717) is 13.0 Å². The molecular formula is C16H21NO4. The Labute approximate surface area is 124 Å². The maximum atomic E-state index is 12.1. The first kappa shape index (κ1) is 15.5. The van der Waals surface area contributed by atoms with Crippen molar-refractivity contribution in [3.8, 4) is 0 Å². The van der Waals surface area contributed by atoms with Gasteiger partial charge in [-0.1, -0.05) is 12.1 Å². The van der Waals surface area contributed by atoms with Gasteiger partial charge in [-0.05, 0) is 43.9 Å². The van der Waals surface area contributed by atoms with Crippen LogP contribution in [0.25, 0.3) is 0 Å². The lowest BCUT2D eigenvalue weighted by Crippen LogP contribution is -2.40. The van der Waals surface area contributed by atoms with Crippen LogP contribution in [-0.2, 0) is 16.0 Å². The molecule has 1 aliphatic rings. The molecule has 5 heteroatoms. The summed E-state index contributed by atoms with van der Waals surface area (Å²) in [4.78, 5) is 22.8. The Kier molecular flexibility index (Phi) is 5.33. The number of nitrogens with one attached hydrogen (secondary N) is 1. The summed E-state index contributed by atoms with van der Waals surface area (Å²) in [5, 5.41) is 11.8. The smallest absolute Gasteiger partial charge is 0.335 e. The van der Waals surface area contributed by atoms with Crippen molar-refractivity contribution in [3.05, 3.63) is 35.4 Å². The van der Waals surface area contributed by atoms with Crippen LogP contribution in [0.5, 0.6) is 0 Å². The van der Waals surface area contributed by atoms with Gasteiger partial charge in [-0.2, -0.15) is 0 Å². The largest absolute Gasteiger partial charge is 0.478 e. The van der Waals surface area contributed by atoms with Crippen LogP contribution in [0, 0.1) is 5.92 Å². The molecule has 21 heavy (non-hydrogen) atoms. The Hall–Kier alpha value is -1.88. The van der Waals surface area contributed by atoms with Gasteiger partial charge in [-0.15, -0.1) is 0 Å². The highest BCUT2D eigenvalue weighted by Gasteiger charge is 2.28. The number of rotatable bonds is 5. The van der Waals surface area contributed by atoms with Gasteiger partial charge >= 0.3 is 5.97 Å². The van der Waals surface area contributed by atoms with Crippen LogP contribution in [-0.4, -0.2) is 36.2 Å². The molecule has 1 aromatic rings. The van der Waals surface area contributed by atoms with Crippen LogP contribution >= 0.6 is 0 Å². The first-order valence-corrected chi connectivity index (χ1v) is 7.29. The minimum Gasteiger partial charge on any atom is -0.478 e. The topological polar surface area (TPSA) is 75.6 Å². The molecule has 2 rings (SSSR count). The highest BCUT2D eigenvalue weighted by atomic mass is 16.5. The number of benzene rings is 1. The molecular weight excluding hydrogens is 270 g/mol. The number of hydrogen-bond acceptors (Lipinski definition) is 3. The van der Waals surface area contributed by atoms with Crippen molar-refractivity contribution in [1.29, 1.82) is 0 Å². The fourth-order valence-corrected chi connectivity index (χ4v) is 2.54. The molecule has 1 saturated heterocycles. The molecule has 2 atom stereocenters. The van der Waals surface area contributed by atoms with E-state index in [9.17, 15) is 9.59 Å². The first-order chi connectivity index (χ1) is 10.1. The van der Waals surface area contributed by atoms with E-state index in [1.807, 2.05) is 6.92 Å². The van der Waals surface area contributed by atoms with Gasteiger partial charge in [-0.3, -0.25) is 4.79 Å². The zero-order valence-corrected chi connectivity index (χ0v) is 12.2. The summed E-state index contributed by atoms with van der Waals surface area (Å²) in [6.45, 7) is 3.23. The van der Waals surface area contributed by atoms with Crippen molar-refractivity contribution in [1.82, 2.24) is 5.32 Å². The molecule has 1 heterocycles. The Balaban J connectivity index is 1.78. The second-order valence-corrected chi connectivity index (χ2v) is 5.37. The third kappa shape index (κ3) is 4.29. The second kappa shape index (κ2) is 7.22. The zero-order chi connectivity index (χ0) is 15.2. The summed E-state index contributed by atoms with van der Waals surface area (Å²) in [7, 11) is 0. The predicted molar refractivity (Wildman–Crippen MR) is 78.3 cm³/mol. The number of hydrogen-bond donors (Lipinski definition) is 2. The summed E-state index contributed by atoms with van der Waals surface area (Å²) in [6, 6.07) is 6.72. The number of carbonyl (C=O) groups excluding carboxylic acids is 1. The quantitative estimate of drug-likeness (QED) is 0.868. The van der Waals surface area contributed by atoms with Crippen molar-refractivity contribution in [3.63, 3.8) is 0 Å². The molecule has 114 valence electrons. The van der Waals surface area contributed by atoms with E-state index in [2.05, 4.69) is 5.32 Å². The molecule has 1 aromatic carbocycles. The van der Waals surface area contributed by atoms with E-state index in [0.717, 1.165) is 25.0 Å². The van der Waals surface area contributed by atoms with E-state index in [4.69, 9.17) is 9.84 Å². The number of carboxylic acids is 1. The molecule has 0 saturated carbocycles. The van der Waals surface area contributed by atoms with Crippen molar-refractivity contribution < 1.29 is 19.4 Å². The number of carbonyl (C=O) groups is 2. The van der Waals surface area contributed by atoms with Crippen molar-refractivity contribution in [2.45, 2.75) is 32.3 Å². The zero-order valence-electron chi connectivity index (χ0n) is 12.2. The molecule has 0 radical (unpaired) electrons. The highest BCUT2D eigenvalue weighted by molar-refractivity contribution is 5.87. The fourth-order valence-electron chi connectivity index (χ4n) is 2.54. The minimum absolute atomic E-state index is 0.0198. The van der Waals surface area contributed by atoms with Crippen LogP contribution in [0.2, 0.25) is 0 Å². The average Bonchev–Trinajstić information content (AvgIpc) is 2.48. The SMILES string of the molecule is CC1OCCCC1C(=O)NCCc1ccc(C(=O)O)cc1. The van der Waals surface area contributed by atoms with Gasteiger partial charge in [-0.25, -0.2) is 4.79 Å². The normalized spacial score (nSPS) is 21.8. The Morgan fingerprint density at radius 2 is 2.05 bits per heavy atom. The van der Waals surface area contributed by atoms with Gasteiger partial charge in [0.25, 0.3) is 0 Å². The highest BCUT2D eigenvalue weighted by Crippen LogP contribution is 2.20. The summed E-state index contributed by atoms with van der Waals surface area (Å²) in [6.07, 6.45) is 2.47. The van der Waals surface area contributed by atoms with Gasteiger partial charge in [0.15, 0.2) is 0 Å². The van der Waals surface area contributed by atoms with Crippen molar-refractivity contribution >= 4 is 11.9 Å². The monoisotopic (exact) mass is 291 g/mol. The molecule has 1 fully saturated rings. The molecule has 1 amide bonds. The lowest BCUT2D eigenvalue weighted by Gasteiger charge is -2.28. The molecule has 1 aliphatic heterocycles. The fraction of sp³-hybridized carbons (Fsp3) is 0.500. The summed E-state index contributed by atoms with van der Waals surface area (Å²) in [5.41, 5.74) is 1.28. The average molecular weight is 291 g/mol. The Morgan fingerprint density at radius 3 is 2.67 bits per heavy atom. The van der Waals surface area contributed by atoms with Crippen LogP contribution in [0.1, 0.15) is 35.7 Å². The number of ether oxygens (including phenoxy) is 1.